The molecule has 8 nitrogen and oxygen atoms in total. The van der Waals surface area contributed by atoms with Crippen LogP contribution in [0.1, 0.15) is 21.4 Å². The Morgan fingerprint density at radius 2 is 1.87 bits per heavy atom. The van der Waals surface area contributed by atoms with E-state index in [9.17, 15) is 0 Å². The highest BCUT2D eigenvalue weighted by molar-refractivity contribution is 7.12. The largest absolute Gasteiger partial charge is 0.325 e. The van der Waals surface area contributed by atoms with Gasteiger partial charge < -0.3 is 10.6 Å². The molecule has 0 aliphatic carbocycles. The van der Waals surface area contributed by atoms with Crippen LogP contribution in [0.25, 0.3) is 17.1 Å². The van der Waals surface area contributed by atoms with Crippen molar-refractivity contribution in [1.29, 1.82) is 0 Å². The number of pyridine rings is 1. The van der Waals surface area contributed by atoms with Crippen molar-refractivity contribution in [3.05, 3.63) is 76.4 Å². The Labute approximate surface area is 183 Å². The van der Waals surface area contributed by atoms with Crippen molar-refractivity contribution in [2.24, 2.45) is 0 Å². The van der Waals surface area contributed by atoms with Crippen molar-refractivity contribution < 1.29 is 0 Å². The molecule has 5 heterocycles. The van der Waals surface area contributed by atoms with E-state index in [4.69, 9.17) is 0 Å². The molecule has 9 heteroatoms. The topological polar surface area (TPSA) is 101 Å². The van der Waals surface area contributed by atoms with E-state index in [-0.39, 0.29) is 0 Å². The monoisotopic (exact) mass is 428 g/mol. The van der Waals surface area contributed by atoms with E-state index in [0.29, 0.717) is 29.7 Å². The molecule has 31 heavy (non-hydrogen) atoms. The van der Waals surface area contributed by atoms with Gasteiger partial charge in [-0.1, -0.05) is 12.1 Å². The standard InChI is InChI=1S/C22H20N8S/c1-14-3-2-4-16(27-14)22-25-10-7-19(30-22)28-18-6-9-24-20(29-18)11-21-26-13-17(31-21)15-5-8-23-12-15/h2-7,9-10,13,23H,8,11-12H2,1H3,(H,24,25,28,29,30). The summed E-state index contributed by atoms with van der Waals surface area (Å²) in [6.07, 6.45) is 8.18. The van der Waals surface area contributed by atoms with E-state index in [1.54, 1.807) is 29.8 Å². The third-order valence-corrected chi connectivity index (χ3v) is 5.80. The predicted octanol–water partition coefficient (Wildman–Crippen LogP) is 3.41. The van der Waals surface area contributed by atoms with Gasteiger partial charge in [-0.05, 0) is 36.8 Å². The number of aryl methyl sites for hydroxylation is 1. The minimum absolute atomic E-state index is 0.564. The van der Waals surface area contributed by atoms with Crippen LogP contribution >= 0.6 is 11.3 Å². The molecule has 0 aromatic carbocycles. The zero-order valence-corrected chi connectivity index (χ0v) is 17.7. The molecule has 2 N–H and O–H groups in total. The first-order valence-corrected chi connectivity index (χ1v) is 10.8. The predicted molar refractivity (Wildman–Crippen MR) is 121 cm³/mol. The average Bonchev–Trinajstić information content (AvgIpc) is 3.46. The van der Waals surface area contributed by atoms with E-state index < -0.39 is 0 Å². The van der Waals surface area contributed by atoms with Crippen LogP contribution in [0.15, 0.2) is 55.0 Å². The van der Waals surface area contributed by atoms with Gasteiger partial charge in [0.2, 0.25) is 0 Å². The van der Waals surface area contributed by atoms with Crippen molar-refractivity contribution in [3.8, 4) is 11.5 Å². The van der Waals surface area contributed by atoms with Crippen LogP contribution in [0, 0.1) is 6.92 Å². The maximum Gasteiger partial charge on any atom is 0.180 e. The number of thiazole rings is 1. The third kappa shape index (κ3) is 4.62. The fraction of sp³-hybridized carbons (Fsp3) is 0.182. The van der Waals surface area contributed by atoms with Gasteiger partial charge in [-0.15, -0.1) is 11.3 Å². The third-order valence-electron chi connectivity index (χ3n) is 4.72. The summed E-state index contributed by atoms with van der Waals surface area (Å²) in [5.74, 6) is 2.59. The van der Waals surface area contributed by atoms with Gasteiger partial charge in [0.25, 0.3) is 0 Å². The molecule has 0 unspecified atom stereocenters. The summed E-state index contributed by atoms with van der Waals surface area (Å²) in [5, 5.41) is 7.55. The number of hydrogen-bond acceptors (Lipinski definition) is 9. The van der Waals surface area contributed by atoms with Gasteiger partial charge in [-0.2, -0.15) is 0 Å². The van der Waals surface area contributed by atoms with Gasteiger partial charge >= 0.3 is 0 Å². The molecule has 4 aromatic heterocycles. The molecular formula is C22H20N8S. The first kappa shape index (κ1) is 19.4. The lowest BCUT2D eigenvalue weighted by atomic mass is 10.2. The van der Waals surface area contributed by atoms with Crippen molar-refractivity contribution in [2.75, 3.05) is 18.4 Å². The van der Waals surface area contributed by atoms with E-state index in [0.717, 1.165) is 29.5 Å². The van der Waals surface area contributed by atoms with E-state index in [1.807, 2.05) is 37.4 Å². The minimum Gasteiger partial charge on any atom is -0.325 e. The van der Waals surface area contributed by atoms with E-state index in [2.05, 4.69) is 46.6 Å². The summed E-state index contributed by atoms with van der Waals surface area (Å²) in [4.78, 5) is 28.2. The summed E-state index contributed by atoms with van der Waals surface area (Å²) in [7, 11) is 0. The summed E-state index contributed by atoms with van der Waals surface area (Å²) in [6, 6.07) is 9.41. The van der Waals surface area contributed by atoms with Crippen LogP contribution in [-0.2, 0) is 6.42 Å². The zero-order chi connectivity index (χ0) is 21.0. The van der Waals surface area contributed by atoms with Crippen LogP contribution in [0.5, 0.6) is 0 Å². The molecule has 0 saturated heterocycles. The Balaban J connectivity index is 1.31. The Hall–Kier alpha value is -3.56. The second-order valence-electron chi connectivity index (χ2n) is 7.07. The molecular weight excluding hydrogens is 408 g/mol. The smallest absolute Gasteiger partial charge is 0.180 e. The molecule has 154 valence electrons. The Morgan fingerprint density at radius 3 is 2.71 bits per heavy atom. The van der Waals surface area contributed by atoms with Gasteiger partial charge in [0.05, 0.1) is 11.3 Å². The Kier molecular flexibility index (Phi) is 5.42. The highest BCUT2D eigenvalue weighted by Gasteiger charge is 2.12. The minimum atomic E-state index is 0.564. The quantitative estimate of drug-likeness (QED) is 0.482. The van der Waals surface area contributed by atoms with Gasteiger partial charge in [0.15, 0.2) is 5.82 Å². The van der Waals surface area contributed by atoms with Gasteiger partial charge in [0, 0.05) is 37.4 Å². The highest BCUT2D eigenvalue weighted by Crippen LogP contribution is 2.24. The van der Waals surface area contributed by atoms with Gasteiger partial charge in [-0.3, -0.25) is 0 Å². The molecule has 0 atom stereocenters. The number of hydrogen-bond donors (Lipinski definition) is 2. The second-order valence-corrected chi connectivity index (χ2v) is 8.18. The maximum atomic E-state index is 4.63. The lowest BCUT2D eigenvalue weighted by molar-refractivity contribution is 0.898. The summed E-state index contributed by atoms with van der Waals surface area (Å²) >= 11 is 1.69. The Bertz CT molecular complexity index is 1250. The van der Waals surface area contributed by atoms with Gasteiger partial charge in [0.1, 0.15) is 28.2 Å². The lowest BCUT2D eigenvalue weighted by Crippen LogP contribution is -2.07. The van der Waals surface area contributed by atoms with Crippen LogP contribution < -0.4 is 10.6 Å². The molecule has 0 saturated carbocycles. The molecule has 0 spiro atoms. The highest BCUT2D eigenvalue weighted by atomic mass is 32.1. The fourth-order valence-corrected chi connectivity index (χ4v) is 4.19. The first-order chi connectivity index (χ1) is 15.2. The van der Waals surface area contributed by atoms with E-state index >= 15 is 0 Å². The lowest BCUT2D eigenvalue weighted by Gasteiger charge is -2.07. The summed E-state index contributed by atoms with van der Waals surface area (Å²) < 4.78 is 0. The Morgan fingerprint density at radius 1 is 1.00 bits per heavy atom. The number of aromatic nitrogens is 6. The molecule has 0 bridgehead atoms. The second kappa shape index (κ2) is 8.66. The molecule has 0 fully saturated rings. The summed E-state index contributed by atoms with van der Waals surface area (Å²) in [5.41, 5.74) is 2.97. The van der Waals surface area contributed by atoms with Crippen LogP contribution in [-0.4, -0.2) is 43.0 Å². The first-order valence-electron chi connectivity index (χ1n) is 9.94. The molecule has 0 amide bonds. The number of nitrogens with one attached hydrogen (secondary N) is 2. The van der Waals surface area contributed by atoms with Crippen molar-refractivity contribution in [3.63, 3.8) is 0 Å². The number of anilines is 2. The molecule has 4 aromatic rings. The van der Waals surface area contributed by atoms with Gasteiger partial charge in [-0.25, -0.2) is 29.9 Å². The van der Waals surface area contributed by atoms with Crippen molar-refractivity contribution in [1.82, 2.24) is 35.2 Å². The maximum absolute atomic E-state index is 4.63. The molecule has 0 radical (unpaired) electrons. The van der Waals surface area contributed by atoms with E-state index in [1.165, 1.54) is 10.5 Å². The van der Waals surface area contributed by atoms with Crippen LogP contribution in [0.4, 0.5) is 11.6 Å². The van der Waals surface area contributed by atoms with Crippen molar-refractivity contribution >= 4 is 28.5 Å². The summed E-state index contributed by atoms with van der Waals surface area (Å²) in [6.45, 7) is 3.77. The van der Waals surface area contributed by atoms with Crippen LogP contribution in [0.2, 0.25) is 0 Å². The normalized spacial score (nSPS) is 13.3. The zero-order valence-electron chi connectivity index (χ0n) is 16.9. The number of rotatable bonds is 6. The molecule has 1 aliphatic rings. The van der Waals surface area contributed by atoms with Crippen molar-refractivity contribution in [2.45, 2.75) is 13.3 Å². The fourth-order valence-electron chi connectivity index (χ4n) is 3.24. The SMILES string of the molecule is Cc1cccc(-c2nccc(Nc3ccnc(Cc4ncc(C5=CCNC5)s4)n3)n2)n1. The average molecular weight is 429 g/mol. The molecule has 5 rings (SSSR count). The molecule has 1 aliphatic heterocycles. The van der Waals surface area contributed by atoms with Crippen LogP contribution in [0.3, 0.4) is 0 Å². The number of nitrogens with zero attached hydrogens (tertiary/aromatic N) is 6.